The average molecular weight is 268 g/mol. The Balaban J connectivity index is 2.11. The molecule has 0 saturated carbocycles. The quantitative estimate of drug-likeness (QED) is 0.921. The largest absolute Gasteiger partial charge is 0.248 e. The number of rotatable bonds is 4. The van der Waals surface area contributed by atoms with Crippen molar-refractivity contribution >= 4 is 21.4 Å². The standard InChI is InChI=1S/C11H12N2O2S2/c1-9-2-4-11(5-3-9)17(14,15)13-6-10-7-16-8-12-10/h2-5,7-8,13H,6H2,1H3. The second kappa shape index (κ2) is 4.95. The van der Waals surface area contributed by atoms with E-state index >= 15 is 0 Å². The molecule has 0 spiro atoms. The molecule has 0 bridgehead atoms. The topological polar surface area (TPSA) is 59.1 Å². The molecule has 2 aromatic rings. The van der Waals surface area contributed by atoms with Gasteiger partial charge in [0.05, 0.1) is 22.6 Å². The minimum absolute atomic E-state index is 0.222. The van der Waals surface area contributed by atoms with Gasteiger partial charge in [-0.25, -0.2) is 18.1 Å². The van der Waals surface area contributed by atoms with Crippen LogP contribution < -0.4 is 4.72 Å². The van der Waals surface area contributed by atoms with Gasteiger partial charge >= 0.3 is 0 Å². The van der Waals surface area contributed by atoms with Gasteiger partial charge in [-0.3, -0.25) is 0 Å². The van der Waals surface area contributed by atoms with Gasteiger partial charge in [-0.1, -0.05) is 17.7 Å². The summed E-state index contributed by atoms with van der Waals surface area (Å²) in [5, 5.41) is 1.82. The Hall–Kier alpha value is -1.24. The van der Waals surface area contributed by atoms with E-state index in [-0.39, 0.29) is 11.4 Å². The lowest BCUT2D eigenvalue weighted by molar-refractivity contribution is 0.580. The normalized spacial score (nSPS) is 11.6. The molecule has 0 aliphatic rings. The maximum absolute atomic E-state index is 11.9. The first-order valence-electron chi connectivity index (χ1n) is 5.01. The molecule has 0 amide bonds. The van der Waals surface area contributed by atoms with Crippen molar-refractivity contribution in [1.82, 2.24) is 9.71 Å². The van der Waals surface area contributed by atoms with Gasteiger partial charge in [0.25, 0.3) is 0 Å². The smallest absolute Gasteiger partial charge is 0.240 e. The number of aryl methyl sites for hydroxylation is 1. The first kappa shape index (κ1) is 12.2. The number of nitrogens with zero attached hydrogens (tertiary/aromatic N) is 1. The van der Waals surface area contributed by atoms with E-state index in [1.165, 1.54) is 11.3 Å². The Labute approximate surface area is 104 Å². The molecule has 0 fully saturated rings. The number of aromatic nitrogens is 1. The van der Waals surface area contributed by atoms with Gasteiger partial charge < -0.3 is 0 Å². The van der Waals surface area contributed by atoms with Gasteiger partial charge in [0.1, 0.15) is 0 Å². The molecule has 0 radical (unpaired) electrons. The summed E-state index contributed by atoms with van der Waals surface area (Å²) in [7, 11) is -3.44. The molecule has 0 aliphatic carbocycles. The fourth-order valence-electron chi connectivity index (χ4n) is 1.29. The predicted molar refractivity (Wildman–Crippen MR) is 67.3 cm³/mol. The highest BCUT2D eigenvalue weighted by Gasteiger charge is 2.13. The predicted octanol–water partition coefficient (Wildman–Crippen LogP) is 1.93. The molecule has 0 aliphatic heterocycles. The highest BCUT2D eigenvalue weighted by atomic mass is 32.2. The van der Waals surface area contributed by atoms with Crippen LogP contribution in [0.3, 0.4) is 0 Å². The molecule has 1 N–H and O–H groups in total. The molecule has 4 nitrogen and oxygen atoms in total. The van der Waals surface area contributed by atoms with E-state index in [1.54, 1.807) is 29.8 Å². The highest BCUT2D eigenvalue weighted by Crippen LogP contribution is 2.10. The third kappa shape index (κ3) is 3.12. The third-order valence-electron chi connectivity index (χ3n) is 2.26. The zero-order chi connectivity index (χ0) is 12.3. The Morgan fingerprint density at radius 3 is 2.59 bits per heavy atom. The molecular formula is C11H12N2O2S2. The SMILES string of the molecule is Cc1ccc(S(=O)(=O)NCc2cscn2)cc1. The summed E-state index contributed by atoms with van der Waals surface area (Å²) in [4.78, 5) is 4.29. The van der Waals surface area contributed by atoms with Crippen LogP contribution in [0.2, 0.25) is 0 Å². The van der Waals surface area contributed by atoms with Crippen molar-refractivity contribution < 1.29 is 8.42 Å². The van der Waals surface area contributed by atoms with Crippen molar-refractivity contribution in [3.63, 3.8) is 0 Å². The molecule has 0 saturated heterocycles. The summed E-state index contributed by atoms with van der Waals surface area (Å²) in [6.07, 6.45) is 0. The Bertz CT molecular complexity index is 574. The number of thiazole rings is 1. The molecule has 0 atom stereocenters. The van der Waals surface area contributed by atoms with Crippen LogP contribution in [-0.4, -0.2) is 13.4 Å². The van der Waals surface area contributed by atoms with Gasteiger partial charge in [0.15, 0.2) is 0 Å². The summed E-state index contributed by atoms with van der Waals surface area (Å²) in [5.74, 6) is 0. The number of sulfonamides is 1. The van der Waals surface area contributed by atoms with Crippen LogP contribution in [0.5, 0.6) is 0 Å². The lowest BCUT2D eigenvalue weighted by Gasteiger charge is -2.05. The molecule has 1 aromatic carbocycles. The van der Waals surface area contributed by atoms with E-state index < -0.39 is 10.0 Å². The summed E-state index contributed by atoms with van der Waals surface area (Å²) in [6, 6.07) is 6.74. The minimum atomic E-state index is -3.44. The van der Waals surface area contributed by atoms with Gasteiger partial charge in [-0.15, -0.1) is 11.3 Å². The molecule has 6 heteroatoms. The summed E-state index contributed by atoms with van der Waals surface area (Å²) in [5.41, 5.74) is 3.43. The second-order valence-corrected chi connectivity index (χ2v) is 6.10. The average Bonchev–Trinajstić information content (AvgIpc) is 2.80. The van der Waals surface area contributed by atoms with Crippen LogP contribution in [-0.2, 0) is 16.6 Å². The number of nitrogens with one attached hydrogen (secondary N) is 1. The van der Waals surface area contributed by atoms with Crippen molar-refractivity contribution in [2.24, 2.45) is 0 Å². The summed E-state index contributed by atoms with van der Waals surface area (Å²) in [6.45, 7) is 2.14. The van der Waals surface area contributed by atoms with Crippen LogP contribution in [0.15, 0.2) is 40.1 Å². The van der Waals surface area contributed by atoms with Crippen molar-refractivity contribution in [2.45, 2.75) is 18.4 Å². The van der Waals surface area contributed by atoms with E-state index in [9.17, 15) is 8.42 Å². The van der Waals surface area contributed by atoms with Crippen LogP contribution in [0.1, 0.15) is 11.3 Å². The molecule has 17 heavy (non-hydrogen) atoms. The van der Waals surface area contributed by atoms with Gasteiger partial charge in [-0.2, -0.15) is 0 Å². The van der Waals surface area contributed by atoms with E-state index in [0.717, 1.165) is 11.3 Å². The fourth-order valence-corrected chi connectivity index (χ4v) is 2.85. The fraction of sp³-hybridized carbons (Fsp3) is 0.182. The third-order valence-corrected chi connectivity index (χ3v) is 4.31. The number of hydrogen-bond donors (Lipinski definition) is 1. The second-order valence-electron chi connectivity index (χ2n) is 3.62. The Kier molecular flexibility index (Phi) is 3.56. The molecule has 2 rings (SSSR count). The Morgan fingerprint density at radius 1 is 1.29 bits per heavy atom. The lowest BCUT2D eigenvalue weighted by atomic mass is 10.2. The van der Waals surface area contributed by atoms with E-state index in [2.05, 4.69) is 9.71 Å². The maximum Gasteiger partial charge on any atom is 0.240 e. The van der Waals surface area contributed by atoms with Crippen LogP contribution >= 0.6 is 11.3 Å². The van der Waals surface area contributed by atoms with Crippen LogP contribution in [0.4, 0.5) is 0 Å². The van der Waals surface area contributed by atoms with Crippen molar-refractivity contribution in [3.05, 3.63) is 46.4 Å². The molecule has 1 aromatic heterocycles. The monoisotopic (exact) mass is 268 g/mol. The van der Waals surface area contributed by atoms with E-state index in [0.29, 0.717) is 0 Å². The van der Waals surface area contributed by atoms with Gasteiger partial charge in [-0.05, 0) is 19.1 Å². The minimum Gasteiger partial charge on any atom is -0.248 e. The number of hydrogen-bond acceptors (Lipinski definition) is 4. The van der Waals surface area contributed by atoms with Gasteiger partial charge in [0.2, 0.25) is 10.0 Å². The maximum atomic E-state index is 11.9. The summed E-state index contributed by atoms with van der Waals surface area (Å²) < 4.78 is 26.3. The molecular weight excluding hydrogens is 256 g/mol. The lowest BCUT2D eigenvalue weighted by Crippen LogP contribution is -2.23. The molecule has 90 valence electrons. The molecule has 1 heterocycles. The van der Waals surface area contributed by atoms with Crippen LogP contribution in [0.25, 0.3) is 0 Å². The zero-order valence-corrected chi connectivity index (χ0v) is 10.9. The molecule has 0 unspecified atom stereocenters. The highest BCUT2D eigenvalue weighted by molar-refractivity contribution is 7.89. The first-order chi connectivity index (χ1) is 8.08. The van der Waals surface area contributed by atoms with Gasteiger partial charge in [0, 0.05) is 5.38 Å². The zero-order valence-electron chi connectivity index (χ0n) is 9.25. The van der Waals surface area contributed by atoms with E-state index in [4.69, 9.17) is 0 Å². The van der Waals surface area contributed by atoms with Crippen molar-refractivity contribution in [2.75, 3.05) is 0 Å². The van der Waals surface area contributed by atoms with Crippen molar-refractivity contribution in [1.29, 1.82) is 0 Å². The summed E-state index contributed by atoms with van der Waals surface area (Å²) >= 11 is 1.44. The van der Waals surface area contributed by atoms with E-state index in [1.807, 2.05) is 12.3 Å². The first-order valence-corrected chi connectivity index (χ1v) is 7.44. The number of benzene rings is 1. The Morgan fingerprint density at radius 2 is 2.00 bits per heavy atom. The van der Waals surface area contributed by atoms with Crippen molar-refractivity contribution in [3.8, 4) is 0 Å². The van der Waals surface area contributed by atoms with Crippen LogP contribution in [0, 0.1) is 6.92 Å².